The highest BCUT2D eigenvalue weighted by molar-refractivity contribution is 5.91. The van der Waals surface area contributed by atoms with Gasteiger partial charge in [0.05, 0.1) is 6.26 Å². The maximum Gasteiger partial charge on any atom is 0.314 e. The molecule has 4 amide bonds. The van der Waals surface area contributed by atoms with E-state index in [0.717, 1.165) is 0 Å². The van der Waals surface area contributed by atoms with Gasteiger partial charge in [0.15, 0.2) is 5.76 Å². The second kappa shape index (κ2) is 8.57. The van der Waals surface area contributed by atoms with Gasteiger partial charge in [-0.15, -0.1) is 0 Å². The predicted molar refractivity (Wildman–Crippen MR) is 71.1 cm³/mol. The van der Waals surface area contributed by atoms with E-state index in [1.165, 1.54) is 13.2 Å². The zero-order valence-corrected chi connectivity index (χ0v) is 11.2. The quantitative estimate of drug-likeness (QED) is 0.502. The molecule has 0 aliphatic rings. The van der Waals surface area contributed by atoms with Crippen molar-refractivity contribution in [2.24, 2.45) is 0 Å². The van der Waals surface area contributed by atoms with E-state index in [2.05, 4.69) is 21.3 Å². The Morgan fingerprint density at radius 2 is 1.60 bits per heavy atom. The van der Waals surface area contributed by atoms with Crippen molar-refractivity contribution in [1.82, 2.24) is 21.3 Å². The van der Waals surface area contributed by atoms with Crippen molar-refractivity contribution < 1.29 is 18.8 Å². The minimum atomic E-state index is -0.359. The van der Waals surface area contributed by atoms with Crippen molar-refractivity contribution >= 4 is 17.8 Å². The van der Waals surface area contributed by atoms with Crippen LogP contribution in [0.3, 0.4) is 0 Å². The van der Waals surface area contributed by atoms with Gasteiger partial charge in [-0.25, -0.2) is 4.79 Å². The summed E-state index contributed by atoms with van der Waals surface area (Å²) in [6, 6.07) is 2.82. The van der Waals surface area contributed by atoms with E-state index in [0.29, 0.717) is 26.2 Å². The van der Waals surface area contributed by atoms with Gasteiger partial charge >= 0.3 is 6.03 Å². The summed E-state index contributed by atoms with van der Waals surface area (Å²) < 4.78 is 4.91. The lowest BCUT2D eigenvalue weighted by Crippen LogP contribution is -2.42. The van der Waals surface area contributed by atoms with Crippen molar-refractivity contribution in [2.45, 2.75) is 6.92 Å². The summed E-state index contributed by atoms with van der Waals surface area (Å²) in [4.78, 5) is 33.3. The lowest BCUT2D eigenvalue weighted by Gasteiger charge is -2.08. The van der Waals surface area contributed by atoms with Crippen LogP contribution in [-0.4, -0.2) is 44.0 Å². The first-order chi connectivity index (χ1) is 9.59. The average Bonchev–Trinajstić information content (AvgIpc) is 2.93. The topological polar surface area (TPSA) is 112 Å². The molecule has 4 N–H and O–H groups in total. The summed E-state index contributed by atoms with van der Waals surface area (Å²) in [5.74, 6) is -0.250. The van der Waals surface area contributed by atoms with Crippen LogP contribution in [0, 0.1) is 0 Å². The summed E-state index contributed by atoms with van der Waals surface area (Å²) in [7, 11) is 0. The van der Waals surface area contributed by atoms with Crippen LogP contribution in [0.5, 0.6) is 0 Å². The molecule has 0 fully saturated rings. The van der Waals surface area contributed by atoms with Gasteiger partial charge in [-0.3, -0.25) is 9.59 Å². The van der Waals surface area contributed by atoms with Gasteiger partial charge in [-0.05, 0) is 12.1 Å². The van der Waals surface area contributed by atoms with E-state index < -0.39 is 0 Å². The maximum atomic E-state index is 11.5. The maximum absolute atomic E-state index is 11.5. The average molecular weight is 282 g/mol. The summed E-state index contributed by atoms with van der Waals surface area (Å²) in [6.45, 7) is 2.70. The van der Waals surface area contributed by atoms with Crippen molar-refractivity contribution in [2.75, 3.05) is 26.2 Å². The highest BCUT2D eigenvalue weighted by Crippen LogP contribution is 1.98. The van der Waals surface area contributed by atoms with Crippen LogP contribution in [0.15, 0.2) is 22.8 Å². The van der Waals surface area contributed by atoms with Crippen LogP contribution in [0.4, 0.5) is 4.79 Å². The molecular formula is C12H18N4O4. The van der Waals surface area contributed by atoms with Gasteiger partial charge in [-0.1, -0.05) is 0 Å². The van der Waals surface area contributed by atoms with Crippen LogP contribution in [0.2, 0.25) is 0 Å². The van der Waals surface area contributed by atoms with E-state index in [-0.39, 0.29) is 23.6 Å². The van der Waals surface area contributed by atoms with Gasteiger partial charge < -0.3 is 25.7 Å². The molecule has 0 spiro atoms. The lowest BCUT2D eigenvalue weighted by atomic mass is 10.4. The Labute approximate surface area is 116 Å². The van der Waals surface area contributed by atoms with E-state index in [4.69, 9.17) is 4.42 Å². The summed E-state index contributed by atoms with van der Waals surface area (Å²) in [5.41, 5.74) is 0. The van der Waals surface area contributed by atoms with Crippen molar-refractivity contribution in [3.05, 3.63) is 24.2 Å². The Hall–Kier alpha value is -2.51. The number of hydrogen-bond acceptors (Lipinski definition) is 4. The summed E-state index contributed by atoms with van der Waals surface area (Å²) >= 11 is 0. The first-order valence-electron chi connectivity index (χ1n) is 6.17. The minimum Gasteiger partial charge on any atom is -0.459 e. The zero-order chi connectivity index (χ0) is 14.8. The number of carbonyl (C=O) groups excluding carboxylic acids is 3. The molecule has 1 rings (SSSR count). The van der Waals surface area contributed by atoms with E-state index in [9.17, 15) is 14.4 Å². The number of urea groups is 1. The molecule has 0 saturated heterocycles. The van der Waals surface area contributed by atoms with Gasteiger partial charge in [0.25, 0.3) is 5.91 Å². The van der Waals surface area contributed by atoms with Gasteiger partial charge in [-0.2, -0.15) is 0 Å². The monoisotopic (exact) mass is 282 g/mol. The van der Waals surface area contributed by atoms with Crippen molar-refractivity contribution in [3.8, 4) is 0 Å². The largest absolute Gasteiger partial charge is 0.459 e. The Morgan fingerprint density at radius 3 is 2.15 bits per heavy atom. The van der Waals surface area contributed by atoms with E-state index in [1.807, 2.05) is 0 Å². The smallest absolute Gasteiger partial charge is 0.314 e. The summed E-state index contributed by atoms with van der Waals surface area (Å²) in [6.07, 6.45) is 1.41. The van der Waals surface area contributed by atoms with Crippen LogP contribution in [0.1, 0.15) is 17.5 Å². The van der Waals surface area contributed by atoms with Crippen LogP contribution in [-0.2, 0) is 4.79 Å². The molecule has 0 radical (unpaired) electrons. The fourth-order valence-corrected chi connectivity index (χ4v) is 1.32. The minimum absolute atomic E-state index is 0.146. The molecule has 0 unspecified atom stereocenters. The molecule has 8 heteroatoms. The van der Waals surface area contributed by atoms with Crippen molar-refractivity contribution in [1.29, 1.82) is 0 Å². The van der Waals surface area contributed by atoms with Crippen LogP contribution < -0.4 is 21.3 Å². The van der Waals surface area contributed by atoms with Gasteiger partial charge in [0, 0.05) is 33.1 Å². The molecule has 0 saturated carbocycles. The number of furan rings is 1. The number of carbonyl (C=O) groups is 3. The molecule has 1 aromatic rings. The van der Waals surface area contributed by atoms with Crippen LogP contribution >= 0.6 is 0 Å². The molecule has 1 aromatic heterocycles. The molecule has 110 valence electrons. The molecular weight excluding hydrogens is 264 g/mol. The fraction of sp³-hybridized carbons (Fsp3) is 0.417. The lowest BCUT2D eigenvalue weighted by molar-refractivity contribution is -0.118. The highest BCUT2D eigenvalue weighted by Gasteiger charge is 2.07. The second-order valence-electron chi connectivity index (χ2n) is 3.90. The Kier molecular flexibility index (Phi) is 6.66. The normalized spacial score (nSPS) is 9.65. The predicted octanol–water partition coefficient (Wildman–Crippen LogP) is -0.555. The molecule has 0 aliphatic heterocycles. The molecule has 8 nitrogen and oxygen atoms in total. The third kappa shape index (κ3) is 6.43. The third-order valence-electron chi connectivity index (χ3n) is 2.23. The Bertz CT molecular complexity index is 444. The summed E-state index contributed by atoms with van der Waals surface area (Å²) in [5, 5.41) is 10.3. The highest BCUT2D eigenvalue weighted by atomic mass is 16.3. The number of nitrogens with one attached hydrogen (secondary N) is 4. The standard InChI is InChI=1S/C12H18N4O4/c1-9(17)13-4-6-15-12(19)16-7-5-14-11(18)10-3-2-8-20-10/h2-3,8H,4-7H2,1H3,(H,13,17)(H,14,18)(H2,15,16,19). The van der Waals surface area contributed by atoms with Crippen molar-refractivity contribution in [3.63, 3.8) is 0 Å². The van der Waals surface area contributed by atoms with Gasteiger partial charge in [0.1, 0.15) is 0 Å². The SMILES string of the molecule is CC(=O)NCCNC(=O)NCCNC(=O)c1ccco1. The van der Waals surface area contributed by atoms with E-state index in [1.54, 1.807) is 12.1 Å². The zero-order valence-electron chi connectivity index (χ0n) is 11.2. The van der Waals surface area contributed by atoms with Gasteiger partial charge in [0.2, 0.25) is 5.91 Å². The number of hydrogen-bond donors (Lipinski definition) is 4. The Balaban J connectivity index is 2.02. The fourth-order valence-electron chi connectivity index (χ4n) is 1.32. The number of amides is 4. The first kappa shape index (κ1) is 15.5. The molecule has 20 heavy (non-hydrogen) atoms. The molecule has 0 atom stereocenters. The molecule has 0 bridgehead atoms. The molecule has 0 aliphatic carbocycles. The molecule has 0 aromatic carbocycles. The third-order valence-corrected chi connectivity index (χ3v) is 2.23. The Morgan fingerprint density at radius 1 is 1.00 bits per heavy atom. The van der Waals surface area contributed by atoms with E-state index >= 15 is 0 Å². The van der Waals surface area contributed by atoms with Crippen LogP contribution in [0.25, 0.3) is 0 Å². The second-order valence-corrected chi connectivity index (χ2v) is 3.90. The number of rotatable bonds is 7. The molecule has 1 heterocycles. The first-order valence-corrected chi connectivity index (χ1v) is 6.17.